The van der Waals surface area contributed by atoms with Crippen molar-refractivity contribution in [1.29, 1.82) is 0 Å². The van der Waals surface area contributed by atoms with Gasteiger partial charge < -0.3 is 25.5 Å². The highest BCUT2D eigenvalue weighted by atomic mass is 16.4. The highest BCUT2D eigenvalue weighted by Gasteiger charge is 2.15. The third-order valence-corrected chi connectivity index (χ3v) is 4.34. The molecule has 0 aliphatic carbocycles. The number of carboxylic acid groups (broad SMARTS) is 1. The molecule has 0 fully saturated rings. The van der Waals surface area contributed by atoms with Crippen LogP contribution < -0.4 is 10.2 Å². The van der Waals surface area contributed by atoms with E-state index in [0.717, 1.165) is 23.2 Å². The van der Waals surface area contributed by atoms with Crippen molar-refractivity contribution in [2.24, 2.45) is 0 Å². The number of hydrogen-bond acceptors (Lipinski definition) is 5. The van der Waals surface area contributed by atoms with Gasteiger partial charge in [-0.2, -0.15) is 0 Å². The van der Waals surface area contributed by atoms with E-state index in [1.165, 1.54) is 0 Å². The number of carbonyl (C=O) groups is 1. The Morgan fingerprint density at radius 3 is 2.31 bits per heavy atom. The summed E-state index contributed by atoms with van der Waals surface area (Å²) in [4.78, 5) is 12.4. The lowest BCUT2D eigenvalue weighted by molar-refractivity contribution is -0.135. The SMILES string of the molecule is C[C@H](NCCc1ccc(N(C)CC(=O)O)cc1)[C@H](O)c1ccc(O)cc1. The summed E-state index contributed by atoms with van der Waals surface area (Å²) in [5.41, 5.74) is 2.75. The van der Waals surface area contributed by atoms with Gasteiger partial charge in [-0.25, -0.2) is 0 Å². The van der Waals surface area contributed by atoms with Crippen LogP contribution >= 0.6 is 0 Å². The predicted molar refractivity (Wildman–Crippen MR) is 102 cm³/mol. The largest absolute Gasteiger partial charge is 0.508 e. The lowest BCUT2D eigenvalue weighted by Gasteiger charge is -2.21. The summed E-state index contributed by atoms with van der Waals surface area (Å²) in [6.07, 6.45) is 0.151. The summed E-state index contributed by atoms with van der Waals surface area (Å²) in [5, 5.41) is 31.8. The highest BCUT2D eigenvalue weighted by molar-refractivity contribution is 5.73. The number of phenols is 1. The molecule has 0 saturated heterocycles. The molecule has 6 heteroatoms. The number of aliphatic hydroxyl groups is 1. The van der Waals surface area contributed by atoms with E-state index in [2.05, 4.69) is 5.32 Å². The monoisotopic (exact) mass is 358 g/mol. The molecule has 2 atom stereocenters. The Bertz CT molecular complexity index is 701. The van der Waals surface area contributed by atoms with Gasteiger partial charge in [0.2, 0.25) is 0 Å². The number of nitrogens with zero attached hydrogens (tertiary/aromatic N) is 1. The number of aromatic hydroxyl groups is 1. The molecule has 0 spiro atoms. The maximum atomic E-state index is 10.7. The van der Waals surface area contributed by atoms with E-state index >= 15 is 0 Å². The van der Waals surface area contributed by atoms with E-state index in [9.17, 15) is 15.0 Å². The highest BCUT2D eigenvalue weighted by Crippen LogP contribution is 2.19. The minimum absolute atomic E-state index is 0.0342. The predicted octanol–water partition coefficient (Wildman–Crippen LogP) is 2.17. The Hall–Kier alpha value is -2.57. The Kier molecular flexibility index (Phi) is 7.00. The Labute approximate surface area is 153 Å². The first kappa shape index (κ1) is 19.8. The average Bonchev–Trinajstić information content (AvgIpc) is 2.61. The molecule has 0 bridgehead atoms. The van der Waals surface area contributed by atoms with E-state index in [0.29, 0.717) is 6.54 Å². The molecule has 0 heterocycles. The molecule has 2 aromatic carbocycles. The fraction of sp³-hybridized carbons (Fsp3) is 0.350. The summed E-state index contributed by atoms with van der Waals surface area (Å²) >= 11 is 0. The van der Waals surface area contributed by atoms with E-state index in [4.69, 9.17) is 5.11 Å². The van der Waals surface area contributed by atoms with Crippen LogP contribution in [-0.4, -0.2) is 47.5 Å². The van der Waals surface area contributed by atoms with Crippen molar-refractivity contribution in [2.75, 3.05) is 25.0 Å². The van der Waals surface area contributed by atoms with Crippen molar-refractivity contribution in [1.82, 2.24) is 5.32 Å². The zero-order valence-corrected chi connectivity index (χ0v) is 15.1. The molecule has 140 valence electrons. The zero-order valence-electron chi connectivity index (χ0n) is 15.1. The number of benzene rings is 2. The number of anilines is 1. The van der Waals surface area contributed by atoms with Crippen molar-refractivity contribution in [2.45, 2.75) is 25.5 Å². The molecule has 4 N–H and O–H groups in total. The van der Waals surface area contributed by atoms with E-state index < -0.39 is 12.1 Å². The second kappa shape index (κ2) is 9.22. The van der Waals surface area contributed by atoms with Crippen LogP contribution in [0.5, 0.6) is 5.75 Å². The topological polar surface area (TPSA) is 93.0 Å². The van der Waals surface area contributed by atoms with Gasteiger partial charge in [-0.3, -0.25) is 4.79 Å². The van der Waals surface area contributed by atoms with Gasteiger partial charge in [0.1, 0.15) is 12.3 Å². The molecular formula is C20H26N2O4. The molecule has 2 aromatic rings. The van der Waals surface area contributed by atoms with Crippen LogP contribution in [0, 0.1) is 0 Å². The lowest BCUT2D eigenvalue weighted by Crippen LogP contribution is -2.33. The van der Waals surface area contributed by atoms with E-state index in [1.807, 2.05) is 31.2 Å². The number of phenolic OH excluding ortho intramolecular Hbond substituents is 1. The van der Waals surface area contributed by atoms with Crippen molar-refractivity contribution in [3.05, 3.63) is 59.7 Å². The van der Waals surface area contributed by atoms with Crippen molar-refractivity contribution >= 4 is 11.7 Å². The van der Waals surface area contributed by atoms with Gasteiger partial charge >= 0.3 is 5.97 Å². The first-order chi connectivity index (χ1) is 12.4. The quantitative estimate of drug-likeness (QED) is 0.549. The summed E-state index contributed by atoms with van der Waals surface area (Å²) in [6, 6.07) is 14.2. The number of likely N-dealkylation sites (N-methyl/N-ethyl adjacent to an activating group) is 1. The molecule has 6 nitrogen and oxygen atoms in total. The number of aliphatic hydroxyl groups excluding tert-OH is 1. The Balaban J connectivity index is 1.81. The van der Waals surface area contributed by atoms with Gasteiger partial charge in [0, 0.05) is 18.8 Å². The summed E-state index contributed by atoms with van der Waals surface area (Å²) < 4.78 is 0. The maximum Gasteiger partial charge on any atom is 0.323 e. The second-order valence-corrected chi connectivity index (χ2v) is 6.45. The third kappa shape index (κ3) is 5.75. The lowest BCUT2D eigenvalue weighted by atomic mass is 10.0. The smallest absolute Gasteiger partial charge is 0.323 e. The van der Waals surface area contributed by atoms with Crippen LogP contribution in [0.1, 0.15) is 24.2 Å². The van der Waals surface area contributed by atoms with Gasteiger partial charge in [-0.1, -0.05) is 24.3 Å². The first-order valence-corrected chi connectivity index (χ1v) is 8.59. The van der Waals surface area contributed by atoms with Gasteiger partial charge in [0.15, 0.2) is 0 Å². The fourth-order valence-corrected chi connectivity index (χ4v) is 2.73. The molecule has 0 aliphatic heterocycles. The molecule has 0 amide bonds. The Morgan fingerprint density at radius 2 is 1.73 bits per heavy atom. The van der Waals surface area contributed by atoms with Crippen LogP contribution in [0.15, 0.2) is 48.5 Å². The second-order valence-electron chi connectivity index (χ2n) is 6.45. The number of nitrogens with one attached hydrogen (secondary N) is 1. The molecule has 0 aliphatic rings. The molecule has 0 radical (unpaired) electrons. The van der Waals surface area contributed by atoms with Gasteiger partial charge in [-0.15, -0.1) is 0 Å². The minimum atomic E-state index is -0.859. The van der Waals surface area contributed by atoms with Crippen LogP contribution in [-0.2, 0) is 11.2 Å². The normalized spacial score (nSPS) is 13.2. The third-order valence-electron chi connectivity index (χ3n) is 4.34. The molecule has 26 heavy (non-hydrogen) atoms. The standard InChI is InChI=1S/C20H26N2O4/c1-14(20(26)16-5-9-18(23)10-6-16)21-12-11-15-3-7-17(8-4-15)22(2)13-19(24)25/h3-10,14,20-21,23,26H,11-13H2,1-2H3,(H,24,25)/t14-,20-/m0/s1. The van der Waals surface area contributed by atoms with Crippen LogP contribution in [0.4, 0.5) is 5.69 Å². The molecular weight excluding hydrogens is 332 g/mol. The number of carboxylic acids is 1. The molecule has 0 unspecified atom stereocenters. The van der Waals surface area contributed by atoms with Gasteiger partial charge in [0.25, 0.3) is 0 Å². The Morgan fingerprint density at radius 1 is 1.12 bits per heavy atom. The summed E-state index contributed by atoms with van der Waals surface area (Å²) in [7, 11) is 1.75. The van der Waals surface area contributed by atoms with Crippen molar-refractivity contribution in [3.63, 3.8) is 0 Å². The first-order valence-electron chi connectivity index (χ1n) is 8.59. The number of rotatable bonds is 9. The average molecular weight is 358 g/mol. The van der Waals surface area contributed by atoms with Gasteiger partial charge in [0.05, 0.1) is 6.10 Å². The molecule has 2 rings (SSSR count). The summed E-state index contributed by atoms with van der Waals surface area (Å²) in [6.45, 7) is 2.59. The summed E-state index contributed by atoms with van der Waals surface area (Å²) in [5.74, 6) is -0.680. The van der Waals surface area contributed by atoms with E-state index in [1.54, 1.807) is 36.2 Å². The molecule has 0 saturated carbocycles. The van der Waals surface area contributed by atoms with Gasteiger partial charge in [-0.05, 0) is 55.3 Å². The zero-order chi connectivity index (χ0) is 19.1. The molecule has 0 aromatic heterocycles. The van der Waals surface area contributed by atoms with Crippen LogP contribution in [0.25, 0.3) is 0 Å². The fourth-order valence-electron chi connectivity index (χ4n) is 2.73. The number of aliphatic carboxylic acids is 1. The minimum Gasteiger partial charge on any atom is -0.508 e. The van der Waals surface area contributed by atoms with E-state index in [-0.39, 0.29) is 18.3 Å². The van der Waals surface area contributed by atoms with Crippen molar-refractivity contribution < 1.29 is 20.1 Å². The van der Waals surface area contributed by atoms with Crippen LogP contribution in [0.3, 0.4) is 0 Å². The maximum absolute atomic E-state index is 10.7. The van der Waals surface area contributed by atoms with Crippen LogP contribution in [0.2, 0.25) is 0 Å². The number of hydrogen-bond donors (Lipinski definition) is 4. The van der Waals surface area contributed by atoms with Crippen molar-refractivity contribution in [3.8, 4) is 5.75 Å².